The minimum Gasteiger partial charge on any atom is -0.341 e. The third-order valence-corrected chi connectivity index (χ3v) is 4.31. The van der Waals surface area contributed by atoms with Crippen LogP contribution >= 0.6 is 11.8 Å². The van der Waals surface area contributed by atoms with Gasteiger partial charge in [0.2, 0.25) is 0 Å². The number of imidazole rings is 2. The number of fused-ring (bicyclic) bond motifs is 2. The van der Waals surface area contributed by atoms with Crippen LogP contribution in [-0.2, 0) is 11.5 Å². The minimum atomic E-state index is 0.853. The normalized spacial score (nSPS) is 11.4. The Morgan fingerprint density at radius 2 is 1.19 bits per heavy atom. The molecule has 0 aliphatic rings. The summed E-state index contributed by atoms with van der Waals surface area (Å²) in [6.45, 7) is 0. The number of rotatable bonds is 4. The van der Waals surface area contributed by atoms with E-state index < -0.39 is 0 Å². The van der Waals surface area contributed by atoms with E-state index in [1.807, 2.05) is 36.4 Å². The van der Waals surface area contributed by atoms with Gasteiger partial charge >= 0.3 is 0 Å². The van der Waals surface area contributed by atoms with E-state index in [9.17, 15) is 0 Å². The fourth-order valence-electron chi connectivity index (χ4n) is 2.39. The van der Waals surface area contributed by atoms with Gasteiger partial charge in [0.25, 0.3) is 0 Å². The molecule has 0 unspecified atom stereocenters. The molecule has 2 aromatic carbocycles. The Morgan fingerprint density at radius 3 is 1.67 bits per heavy atom. The molecule has 2 heterocycles. The average molecular weight is 294 g/mol. The standard InChI is InChI=1S/C16H14N4S/c1-2-6-12-11(5-1)17-15(18-12)9-21-10-16-19-13-7-3-4-8-14(13)20-16/h1-8H,9-10H2,(H,17,18)(H,19,20). The van der Waals surface area contributed by atoms with Crippen molar-refractivity contribution in [3.05, 3.63) is 60.2 Å². The fraction of sp³-hybridized carbons (Fsp3) is 0.125. The number of aromatic nitrogens is 4. The van der Waals surface area contributed by atoms with Gasteiger partial charge in [-0.15, -0.1) is 11.8 Å². The summed E-state index contributed by atoms with van der Waals surface area (Å²) in [4.78, 5) is 15.9. The molecule has 0 saturated carbocycles. The van der Waals surface area contributed by atoms with E-state index in [0.29, 0.717) is 0 Å². The van der Waals surface area contributed by atoms with Gasteiger partial charge in [-0.3, -0.25) is 0 Å². The zero-order valence-electron chi connectivity index (χ0n) is 11.3. The van der Waals surface area contributed by atoms with Crippen LogP contribution in [0.2, 0.25) is 0 Å². The number of aromatic amines is 2. The largest absolute Gasteiger partial charge is 0.341 e. The molecule has 0 spiro atoms. The van der Waals surface area contributed by atoms with Gasteiger partial charge < -0.3 is 9.97 Å². The van der Waals surface area contributed by atoms with Crippen LogP contribution in [0.3, 0.4) is 0 Å². The van der Waals surface area contributed by atoms with E-state index in [-0.39, 0.29) is 0 Å². The van der Waals surface area contributed by atoms with Crippen molar-refractivity contribution in [3.63, 3.8) is 0 Å². The number of hydrogen-bond acceptors (Lipinski definition) is 3. The van der Waals surface area contributed by atoms with Crippen molar-refractivity contribution in [1.82, 2.24) is 19.9 Å². The minimum absolute atomic E-state index is 0.853. The SMILES string of the molecule is c1ccc2[nH]c(CSCc3nc4ccccc4[nH]3)nc2c1. The zero-order chi connectivity index (χ0) is 14.1. The molecule has 0 amide bonds. The maximum absolute atomic E-state index is 4.58. The van der Waals surface area contributed by atoms with Gasteiger partial charge in [0.1, 0.15) is 11.6 Å². The number of hydrogen-bond donors (Lipinski definition) is 2. The first-order chi connectivity index (χ1) is 10.4. The lowest BCUT2D eigenvalue weighted by atomic mass is 10.3. The Balaban J connectivity index is 1.44. The van der Waals surface area contributed by atoms with Gasteiger partial charge in [-0.2, -0.15) is 0 Å². The zero-order valence-corrected chi connectivity index (χ0v) is 12.2. The van der Waals surface area contributed by atoms with Gasteiger partial charge in [0, 0.05) is 0 Å². The monoisotopic (exact) mass is 294 g/mol. The van der Waals surface area contributed by atoms with Crippen LogP contribution in [0.25, 0.3) is 22.1 Å². The molecule has 2 N–H and O–H groups in total. The molecule has 4 aromatic rings. The van der Waals surface area contributed by atoms with Crippen molar-refractivity contribution in [3.8, 4) is 0 Å². The fourth-order valence-corrected chi connectivity index (χ4v) is 3.15. The molecule has 0 radical (unpaired) electrons. The second-order valence-electron chi connectivity index (χ2n) is 4.89. The van der Waals surface area contributed by atoms with E-state index in [1.165, 1.54) is 0 Å². The van der Waals surface area contributed by atoms with Gasteiger partial charge in [-0.25, -0.2) is 9.97 Å². The Bertz CT molecular complexity index is 753. The summed E-state index contributed by atoms with van der Waals surface area (Å²) < 4.78 is 0. The smallest absolute Gasteiger partial charge is 0.117 e. The Labute approximate surface area is 126 Å². The van der Waals surface area contributed by atoms with Crippen LogP contribution in [0, 0.1) is 0 Å². The van der Waals surface area contributed by atoms with Gasteiger partial charge in [-0.05, 0) is 24.3 Å². The predicted molar refractivity (Wildman–Crippen MR) is 87.2 cm³/mol. The highest BCUT2D eigenvalue weighted by atomic mass is 32.2. The van der Waals surface area contributed by atoms with E-state index in [0.717, 1.165) is 45.2 Å². The van der Waals surface area contributed by atoms with Crippen molar-refractivity contribution in [1.29, 1.82) is 0 Å². The average Bonchev–Trinajstić information content (AvgIpc) is 3.09. The molecule has 0 fully saturated rings. The van der Waals surface area contributed by atoms with E-state index >= 15 is 0 Å². The lowest BCUT2D eigenvalue weighted by molar-refractivity contribution is 1.11. The topological polar surface area (TPSA) is 57.4 Å². The summed E-state index contributed by atoms with van der Waals surface area (Å²) in [6.07, 6.45) is 0. The van der Waals surface area contributed by atoms with Crippen LogP contribution in [-0.4, -0.2) is 19.9 Å². The van der Waals surface area contributed by atoms with Crippen LogP contribution in [0.1, 0.15) is 11.6 Å². The third-order valence-electron chi connectivity index (χ3n) is 3.35. The highest BCUT2D eigenvalue weighted by Gasteiger charge is 2.05. The van der Waals surface area contributed by atoms with Gasteiger partial charge in [-0.1, -0.05) is 24.3 Å². The molecule has 21 heavy (non-hydrogen) atoms. The van der Waals surface area contributed by atoms with Crippen LogP contribution in [0.5, 0.6) is 0 Å². The molecule has 5 heteroatoms. The predicted octanol–water partition coefficient (Wildman–Crippen LogP) is 3.87. The maximum atomic E-state index is 4.58. The highest BCUT2D eigenvalue weighted by molar-refractivity contribution is 7.97. The first kappa shape index (κ1) is 12.5. The summed E-state index contributed by atoms with van der Waals surface area (Å²) >= 11 is 1.80. The Morgan fingerprint density at radius 1 is 0.714 bits per heavy atom. The molecule has 4 rings (SSSR count). The number of para-hydroxylation sites is 4. The number of thioether (sulfide) groups is 1. The molecule has 0 aliphatic carbocycles. The van der Waals surface area contributed by atoms with Crippen molar-refractivity contribution >= 4 is 33.8 Å². The summed E-state index contributed by atoms with van der Waals surface area (Å²) in [5, 5.41) is 0. The van der Waals surface area contributed by atoms with Crippen molar-refractivity contribution in [2.45, 2.75) is 11.5 Å². The summed E-state index contributed by atoms with van der Waals surface area (Å²) in [5.41, 5.74) is 4.24. The second kappa shape index (κ2) is 5.26. The molecule has 4 nitrogen and oxygen atoms in total. The molecule has 0 bridgehead atoms. The third kappa shape index (κ3) is 2.52. The van der Waals surface area contributed by atoms with Gasteiger partial charge in [0.05, 0.1) is 33.6 Å². The van der Waals surface area contributed by atoms with Crippen LogP contribution in [0.15, 0.2) is 48.5 Å². The summed E-state index contributed by atoms with van der Waals surface area (Å²) in [7, 11) is 0. The molecule has 104 valence electrons. The number of nitrogens with one attached hydrogen (secondary N) is 2. The van der Waals surface area contributed by atoms with Gasteiger partial charge in [0.15, 0.2) is 0 Å². The lowest BCUT2D eigenvalue weighted by Gasteiger charge is -1.95. The van der Waals surface area contributed by atoms with E-state index in [2.05, 4.69) is 32.1 Å². The van der Waals surface area contributed by atoms with E-state index in [4.69, 9.17) is 0 Å². The van der Waals surface area contributed by atoms with E-state index in [1.54, 1.807) is 11.8 Å². The van der Waals surface area contributed by atoms with Crippen LogP contribution in [0.4, 0.5) is 0 Å². The Hall–Kier alpha value is -2.27. The summed E-state index contributed by atoms with van der Waals surface area (Å²) in [6, 6.07) is 16.2. The molecule has 2 aromatic heterocycles. The maximum Gasteiger partial charge on any atom is 0.117 e. The van der Waals surface area contributed by atoms with Crippen molar-refractivity contribution in [2.24, 2.45) is 0 Å². The summed E-state index contributed by atoms with van der Waals surface area (Å²) in [5.74, 6) is 3.73. The molecular formula is C16H14N4S. The van der Waals surface area contributed by atoms with Crippen molar-refractivity contribution < 1.29 is 0 Å². The molecule has 0 saturated heterocycles. The molecule has 0 atom stereocenters. The Kier molecular flexibility index (Phi) is 3.12. The second-order valence-corrected chi connectivity index (χ2v) is 5.88. The number of H-pyrrole nitrogens is 2. The highest BCUT2D eigenvalue weighted by Crippen LogP contribution is 2.19. The number of benzene rings is 2. The quantitative estimate of drug-likeness (QED) is 0.600. The van der Waals surface area contributed by atoms with Crippen molar-refractivity contribution in [2.75, 3.05) is 0 Å². The van der Waals surface area contributed by atoms with Crippen LogP contribution < -0.4 is 0 Å². The number of nitrogens with zero attached hydrogens (tertiary/aromatic N) is 2. The first-order valence-electron chi connectivity index (χ1n) is 6.83. The first-order valence-corrected chi connectivity index (χ1v) is 7.99. The molecular weight excluding hydrogens is 280 g/mol. The lowest BCUT2D eigenvalue weighted by Crippen LogP contribution is -1.87. The molecule has 0 aliphatic heterocycles.